The Hall–Kier alpha value is -0.246. The molecule has 1 aromatic rings. The quantitative estimate of drug-likeness (QED) is 0.697. The van der Waals surface area contributed by atoms with Gasteiger partial charge in [-0.25, -0.2) is 4.39 Å². The Labute approximate surface area is 140 Å². The first kappa shape index (κ1) is 15.8. The number of allylic oxidation sites excluding steroid dienone is 3. The first-order valence-corrected chi connectivity index (χ1v) is 6.14. The third kappa shape index (κ3) is 3.20. The third-order valence-electron chi connectivity index (χ3n) is 2.64. The first-order valence-electron chi connectivity index (χ1n) is 5.35. The Morgan fingerprint density at radius 3 is 2.50 bits per heavy atom. The van der Waals surface area contributed by atoms with Gasteiger partial charge in [-0.2, -0.15) is 12.2 Å². The van der Waals surface area contributed by atoms with E-state index in [2.05, 4.69) is 28.6 Å². The molecule has 1 heterocycles. The number of likely N-dealkylation sites (N-methyl/N-ethyl adjacent to an activating group) is 1. The third-order valence-corrected chi connectivity index (χ3v) is 3.33. The average Bonchev–Trinajstić information content (AvgIpc) is 2.34. The van der Waals surface area contributed by atoms with Crippen LogP contribution in [0.2, 0.25) is 0 Å². The molecule has 0 atom stereocenters. The van der Waals surface area contributed by atoms with Gasteiger partial charge in [-0.15, -0.1) is 28.1 Å². The van der Waals surface area contributed by atoms with Gasteiger partial charge in [-0.3, -0.25) is 0 Å². The smallest absolute Gasteiger partial charge is 0.121 e. The van der Waals surface area contributed by atoms with Crippen molar-refractivity contribution in [2.24, 2.45) is 0 Å². The molecule has 1 aliphatic rings. The zero-order chi connectivity index (χ0) is 12.4. The van der Waals surface area contributed by atoms with E-state index in [4.69, 9.17) is 0 Å². The van der Waals surface area contributed by atoms with E-state index in [9.17, 15) is 4.39 Å². The summed E-state index contributed by atoms with van der Waals surface area (Å²) in [7, 11) is 0. The molecule has 0 unspecified atom stereocenters. The van der Waals surface area contributed by atoms with Crippen LogP contribution in [0, 0.1) is 11.9 Å². The van der Waals surface area contributed by atoms with E-state index in [1.807, 2.05) is 17.9 Å². The van der Waals surface area contributed by atoms with Gasteiger partial charge in [0.05, 0.1) is 0 Å². The summed E-state index contributed by atoms with van der Waals surface area (Å²) in [5.74, 6) is -0.233. The molecule has 2 rings (SSSR count). The van der Waals surface area contributed by atoms with Gasteiger partial charge in [-0.05, 0) is 24.8 Å². The van der Waals surface area contributed by atoms with Gasteiger partial charge in [0.1, 0.15) is 5.82 Å². The van der Waals surface area contributed by atoms with E-state index in [0.717, 1.165) is 28.0 Å². The van der Waals surface area contributed by atoms with E-state index in [1.165, 1.54) is 12.1 Å². The molecule has 0 fully saturated rings. The maximum Gasteiger partial charge on any atom is 0.121 e. The molecule has 1 nitrogen and oxygen atoms in total. The number of benzene rings is 1. The summed E-state index contributed by atoms with van der Waals surface area (Å²) >= 11 is 3.43. The van der Waals surface area contributed by atoms with Crippen LogP contribution in [-0.4, -0.2) is 11.4 Å². The van der Waals surface area contributed by atoms with Gasteiger partial charge in [-0.1, -0.05) is 22.3 Å². The van der Waals surface area contributed by atoms with Crippen molar-refractivity contribution in [2.45, 2.75) is 6.92 Å². The van der Waals surface area contributed by atoms with E-state index < -0.39 is 0 Å². The Bertz CT molecular complexity index is 505. The number of halogens is 2. The molecule has 0 aromatic heterocycles. The van der Waals surface area contributed by atoms with Crippen LogP contribution in [0.5, 0.6) is 0 Å². The zero-order valence-electron chi connectivity index (χ0n) is 10.1. The second-order valence-corrected chi connectivity index (χ2v) is 4.54. The Morgan fingerprint density at radius 2 is 1.94 bits per heavy atom. The van der Waals surface area contributed by atoms with Crippen LogP contribution in [0.3, 0.4) is 0 Å². The second-order valence-electron chi connectivity index (χ2n) is 3.68. The molecule has 1 radical (unpaired) electrons. The molecule has 0 N–H and O–H groups in total. The molecular formula is C14H12BrFNY-. The summed E-state index contributed by atoms with van der Waals surface area (Å²) in [6, 6.07) is 6.41. The van der Waals surface area contributed by atoms with Crippen LogP contribution in [-0.2, 0) is 32.7 Å². The fourth-order valence-electron chi connectivity index (χ4n) is 1.75. The second kappa shape index (κ2) is 6.79. The van der Waals surface area contributed by atoms with Crippen LogP contribution < -0.4 is 0 Å². The van der Waals surface area contributed by atoms with Crippen LogP contribution in [0.1, 0.15) is 12.5 Å². The summed E-state index contributed by atoms with van der Waals surface area (Å²) in [5.41, 5.74) is 2.75. The van der Waals surface area contributed by atoms with E-state index in [1.54, 1.807) is 12.1 Å². The predicted octanol–water partition coefficient (Wildman–Crippen LogP) is 4.10. The molecule has 0 aliphatic carbocycles. The van der Waals surface area contributed by atoms with Gasteiger partial charge < -0.3 is 4.90 Å². The Morgan fingerprint density at radius 1 is 1.33 bits per heavy atom. The molecule has 0 saturated carbocycles. The van der Waals surface area contributed by atoms with Crippen molar-refractivity contribution in [2.75, 3.05) is 6.54 Å². The Kier molecular flexibility index (Phi) is 5.96. The average molecular weight is 382 g/mol. The first-order chi connectivity index (χ1) is 8.13. The minimum atomic E-state index is -0.233. The molecule has 18 heavy (non-hydrogen) atoms. The predicted molar refractivity (Wildman–Crippen MR) is 71.6 cm³/mol. The maximum absolute atomic E-state index is 12.9. The molecule has 1 aliphatic heterocycles. The Balaban J connectivity index is 0.00000162. The standard InChI is InChI=1S/C14H12BrFN.Y/c1-3-17-10(2)13(15)8-9-14(17)11-4-6-12(16)7-5-11;/h4-8H,2-3H2,1H3;/q-1;. The van der Waals surface area contributed by atoms with Gasteiger partial charge in [0.25, 0.3) is 0 Å². The SMILES string of the molecule is C=C1C(Br)=C[C-]=C(c2ccc(F)cc2)N1CC.[Y]. The molecule has 0 saturated heterocycles. The fourth-order valence-corrected chi connectivity index (χ4v) is 2.08. The van der Waals surface area contributed by atoms with Crippen molar-refractivity contribution in [3.63, 3.8) is 0 Å². The van der Waals surface area contributed by atoms with Crippen molar-refractivity contribution in [1.82, 2.24) is 4.90 Å². The summed E-state index contributed by atoms with van der Waals surface area (Å²) in [6.45, 7) is 6.85. The van der Waals surface area contributed by atoms with Crippen molar-refractivity contribution in [3.8, 4) is 0 Å². The maximum atomic E-state index is 12.9. The van der Waals surface area contributed by atoms with E-state index in [0.29, 0.717) is 0 Å². The number of rotatable bonds is 2. The van der Waals surface area contributed by atoms with E-state index >= 15 is 0 Å². The van der Waals surface area contributed by atoms with Gasteiger partial charge in [0.15, 0.2) is 0 Å². The number of hydrogen-bond acceptors (Lipinski definition) is 1. The number of hydrogen-bond donors (Lipinski definition) is 0. The van der Waals surface area contributed by atoms with Gasteiger partial charge in [0.2, 0.25) is 0 Å². The van der Waals surface area contributed by atoms with Crippen LogP contribution >= 0.6 is 15.9 Å². The fraction of sp³-hybridized carbons (Fsp3) is 0.143. The molecule has 0 bridgehead atoms. The normalized spacial score (nSPS) is 14.8. The van der Waals surface area contributed by atoms with E-state index in [-0.39, 0.29) is 38.5 Å². The van der Waals surface area contributed by atoms with Gasteiger partial charge in [0, 0.05) is 39.3 Å². The minimum absolute atomic E-state index is 0. The molecular weight excluding hydrogens is 370 g/mol. The zero-order valence-corrected chi connectivity index (χ0v) is 14.5. The van der Waals surface area contributed by atoms with Crippen LogP contribution in [0.4, 0.5) is 4.39 Å². The molecule has 91 valence electrons. The van der Waals surface area contributed by atoms with Gasteiger partial charge >= 0.3 is 0 Å². The molecule has 0 amide bonds. The topological polar surface area (TPSA) is 3.24 Å². The monoisotopic (exact) mass is 381 g/mol. The largest absolute Gasteiger partial charge is 0.375 e. The van der Waals surface area contributed by atoms with Crippen molar-refractivity contribution >= 4 is 21.6 Å². The van der Waals surface area contributed by atoms with Crippen LogP contribution in [0.15, 0.2) is 47.1 Å². The summed E-state index contributed by atoms with van der Waals surface area (Å²) in [4.78, 5) is 2.04. The number of nitrogens with zero attached hydrogens (tertiary/aromatic N) is 1. The summed E-state index contributed by atoms with van der Waals surface area (Å²) in [5, 5.41) is 0. The summed E-state index contributed by atoms with van der Waals surface area (Å²) < 4.78 is 13.8. The van der Waals surface area contributed by atoms with Crippen molar-refractivity contribution in [3.05, 3.63) is 64.6 Å². The molecule has 0 spiro atoms. The molecule has 4 heteroatoms. The van der Waals surface area contributed by atoms with Crippen molar-refractivity contribution in [1.29, 1.82) is 0 Å². The minimum Gasteiger partial charge on any atom is -0.375 e. The van der Waals surface area contributed by atoms with Crippen LogP contribution in [0.25, 0.3) is 5.70 Å². The molecule has 1 aromatic carbocycles. The van der Waals surface area contributed by atoms with Crippen molar-refractivity contribution < 1.29 is 37.1 Å². The summed E-state index contributed by atoms with van der Waals surface area (Å²) in [6.07, 6.45) is 5.03.